The number of fused-ring (bicyclic) bond motifs is 1. The molecule has 0 heterocycles. The van der Waals surface area contributed by atoms with Gasteiger partial charge in [-0.2, -0.15) is 0 Å². The van der Waals surface area contributed by atoms with Crippen molar-refractivity contribution in [3.05, 3.63) is 35.4 Å². The van der Waals surface area contributed by atoms with Crippen LogP contribution in [0, 0.1) is 0 Å². The Hall–Kier alpha value is -1.35. The molecule has 0 spiro atoms. The van der Waals surface area contributed by atoms with E-state index in [4.69, 9.17) is 5.73 Å². The second kappa shape index (κ2) is 5.82. The van der Waals surface area contributed by atoms with Gasteiger partial charge >= 0.3 is 0 Å². The molecule has 0 aliphatic heterocycles. The van der Waals surface area contributed by atoms with E-state index < -0.39 is 0 Å². The Balaban J connectivity index is 2.05. The van der Waals surface area contributed by atoms with Gasteiger partial charge in [0.05, 0.1) is 5.92 Å². The quantitative estimate of drug-likeness (QED) is 0.774. The van der Waals surface area contributed by atoms with Gasteiger partial charge in [0.1, 0.15) is 0 Å². The molecule has 3 N–H and O–H groups in total. The van der Waals surface area contributed by atoms with Crippen LogP contribution in [-0.2, 0) is 11.2 Å². The molecule has 92 valence electrons. The second-order valence-electron chi connectivity index (χ2n) is 4.58. The summed E-state index contributed by atoms with van der Waals surface area (Å²) < 4.78 is 0. The second-order valence-corrected chi connectivity index (χ2v) is 4.58. The first-order valence-corrected chi connectivity index (χ1v) is 6.38. The van der Waals surface area contributed by atoms with Gasteiger partial charge in [0.15, 0.2) is 0 Å². The third-order valence-electron chi connectivity index (χ3n) is 3.37. The summed E-state index contributed by atoms with van der Waals surface area (Å²) in [5.41, 5.74) is 7.96. The molecule has 17 heavy (non-hydrogen) atoms. The molecule has 2 rings (SSSR count). The Bertz CT molecular complexity index is 390. The molecule has 1 unspecified atom stereocenters. The molecular weight excluding hydrogens is 212 g/mol. The van der Waals surface area contributed by atoms with Crippen LogP contribution >= 0.6 is 0 Å². The van der Waals surface area contributed by atoms with Crippen LogP contribution in [0.15, 0.2) is 24.3 Å². The smallest absolute Gasteiger partial charge is 0.227 e. The predicted molar refractivity (Wildman–Crippen MR) is 68.8 cm³/mol. The molecule has 0 saturated carbocycles. The molecule has 1 aromatic carbocycles. The first-order valence-electron chi connectivity index (χ1n) is 6.38. The normalized spacial score (nSPS) is 18.5. The van der Waals surface area contributed by atoms with E-state index in [0.29, 0.717) is 13.1 Å². The largest absolute Gasteiger partial charge is 0.356 e. The van der Waals surface area contributed by atoms with E-state index in [9.17, 15) is 4.79 Å². The lowest BCUT2D eigenvalue weighted by molar-refractivity contribution is -0.122. The number of nitrogens with one attached hydrogen (secondary N) is 1. The third kappa shape index (κ3) is 2.86. The van der Waals surface area contributed by atoms with Crippen LogP contribution in [0.4, 0.5) is 0 Å². The van der Waals surface area contributed by atoms with E-state index >= 15 is 0 Å². The zero-order valence-electron chi connectivity index (χ0n) is 10.1. The number of benzene rings is 1. The maximum absolute atomic E-state index is 12.1. The fourth-order valence-corrected chi connectivity index (χ4v) is 2.46. The molecule has 1 aliphatic rings. The van der Waals surface area contributed by atoms with Gasteiger partial charge in [0.25, 0.3) is 0 Å². The highest BCUT2D eigenvalue weighted by molar-refractivity contribution is 5.84. The van der Waals surface area contributed by atoms with Crippen LogP contribution in [0.1, 0.15) is 36.3 Å². The molecule has 3 heteroatoms. The van der Waals surface area contributed by atoms with Gasteiger partial charge in [0.2, 0.25) is 5.91 Å². The molecule has 3 nitrogen and oxygen atoms in total. The van der Waals surface area contributed by atoms with Crippen molar-refractivity contribution in [1.82, 2.24) is 5.32 Å². The number of carbonyl (C=O) groups is 1. The van der Waals surface area contributed by atoms with Crippen molar-refractivity contribution in [2.24, 2.45) is 5.73 Å². The van der Waals surface area contributed by atoms with Crippen LogP contribution in [0.5, 0.6) is 0 Å². The summed E-state index contributed by atoms with van der Waals surface area (Å²) in [6.45, 7) is 1.32. The number of amides is 1. The Kier molecular flexibility index (Phi) is 4.15. The molecule has 0 aromatic heterocycles. The van der Waals surface area contributed by atoms with E-state index in [1.165, 1.54) is 11.1 Å². The number of hydrogen-bond acceptors (Lipinski definition) is 2. The van der Waals surface area contributed by atoms with Gasteiger partial charge in [0, 0.05) is 6.54 Å². The van der Waals surface area contributed by atoms with Gasteiger partial charge in [-0.05, 0) is 43.4 Å². The number of nitrogens with two attached hydrogens (primary N) is 1. The lowest BCUT2D eigenvalue weighted by Crippen LogP contribution is -2.32. The van der Waals surface area contributed by atoms with Crippen LogP contribution in [-0.4, -0.2) is 19.0 Å². The Morgan fingerprint density at radius 1 is 1.41 bits per heavy atom. The average molecular weight is 232 g/mol. The molecule has 1 amide bonds. The zero-order valence-corrected chi connectivity index (χ0v) is 10.1. The van der Waals surface area contributed by atoms with Gasteiger partial charge in [-0.15, -0.1) is 0 Å². The van der Waals surface area contributed by atoms with Crippen LogP contribution in [0.25, 0.3) is 0 Å². The van der Waals surface area contributed by atoms with Gasteiger partial charge in [-0.1, -0.05) is 24.3 Å². The van der Waals surface area contributed by atoms with Crippen LogP contribution in [0.2, 0.25) is 0 Å². The first-order chi connectivity index (χ1) is 8.33. The lowest BCUT2D eigenvalue weighted by Gasteiger charge is -2.24. The fourth-order valence-electron chi connectivity index (χ4n) is 2.46. The van der Waals surface area contributed by atoms with Crippen LogP contribution < -0.4 is 11.1 Å². The predicted octanol–water partition coefficient (Wildman–Crippen LogP) is 1.57. The van der Waals surface area contributed by atoms with Crippen molar-refractivity contribution in [1.29, 1.82) is 0 Å². The van der Waals surface area contributed by atoms with Crippen molar-refractivity contribution in [3.63, 3.8) is 0 Å². The maximum atomic E-state index is 12.1. The number of aryl methyl sites for hydroxylation is 1. The van der Waals surface area contributed by atoms with E-state index in [0.717, 1.165) is 25.7 Å². The van der Waals surface area contributed by atoms with E-state index in [-0.39, 0.29) is 11.8 Å². The molecule has 1 aromatic rings. The van der Waals surface area contributed by atoms with E-state index in [1.54, 1.807) is 0 Å². The standard InChI is InChI=1S/C14H20N2O/c15-9-4-10-16-14(17)13-8-3-6-11-5-1-2-7-12(11)13/h1-2,5,7,13H,3-4,6,8-10,15H2,(H,16,17). The minimum atomic E-state index is 0.0396. The SMILES string of the molecule is NCCCNC(=O)C1CCCc2ccccc21. The lowest BCUT2D eigenvalue weighted by atomic mass is 9.82. The van der Waals surface area contributed by atoms with Gasteiger partial charge in [-0.3, -0.25) is 4.79 Å². The molecule has 1 aliphatic carbocycles. The minimum Gasteiger partial charge on any atom is -0.356 e. The Labute approximate surface area is 102 Å². The summed E-state index contributed by atoms with van der Waals surface area (Å²) in [5.74, 6) is 0.198. The highest BCUT2D eigenvalue weighted by Gasteiger charge is 2.25. The zero-order chi connectivity index (χ0) is 12.1. The number of hydrogen-bond donors (Lipinski definition) is 2. The summed E-state index contributed by atoms with van der Waals surface area (Å²) >= 11 is 0. The molecule has 1 atom stereocenters. The fraction of sp³-hybridized carbons (Fsp3) is 0.500. The molecule has 0 radical (unpaired) electrons. The number of rotatable bonds is 4. The van der Waals surface area contributed by atoms with Crippen molar-refractivity contribution in [3.8, 4) is 0 Å². The summed E-state index contributed by atoms with van der Waals surface area (Å²) in [7, 11) is 0. The van der Waals surface area contributed by atoms with E-state index in [1.807, 2.05) is 12.1 Å². The van der Waals surface area contributed by atoms with Crippen molar-refractivity contribution < 1.29 is 4.79 Å². The van der Waals surface area contributed by atoms with E-state index in [2.05, 4.69) is 17.4 Å². The summed E-state index contributed by atoms with van der Waals surface area (Å²) in [4.78, 5) is 12.1. The summed E-state index contributed by atoms with van der Waals surface area (Å²) in [5, 5.41) is 2.98. The van der Waals surface area contributed by atoms with Gasteiger partial charge < -0.3 is 11.1 Å². The molecule has 0 bridgehead atoms. The van der Waals surface area contributed by atoms with Crippen molar-refractivity contribution in [2.45, 2.75) is 31.6 Å². The van der Waals surface area contributed by atoms with Crippen molar-refractivity contribution in [2.75, 3.05) is 13.1 Å². The Morgan fingerprint density at radius 2 is 2.24 bits per heavy atom. The summed E-state index contributed by atoms with van der Waals surface area (Å²) in [6.07, 6.45) is 4.01. The maximum Gasteiger partial charge on any atom is 0.227 e. The average Bonchev–Trinajstić information content (AvgIpc) is 2.38. The first kappa shape index (κ1) is 12.1. The molecular formula is C14H20N2O. The van der Waals surface area contributed by atoms with Crippen molar-refractivity contribution >= 4 is 5.91 Å². The highest BCUT2D eigenvalue weighted by Crippen LogP contribution is 2.31. The highest BCUT2D eigenvalue weighted by atomic mass is 16.1. The third-order valence-corrected chi connectivity index (χ3v) is 3.37. The van der Waals surface area contributed by atoms with Crippen LogP contribution in [0.3, 0.4) is 0 Å². The summed E-state index contributed by atoms with van der Waals surface area (Å²) in [6, 6.07) is 8.29. The number of carbonyl (C=O) groups excluding carboxylic acids is 1. The molecule has 0 saturated heterocycles. The Morgan fingerprint density at radius 3 is 3.06 bits per heavy atom. The monoisotopic (exact) mass is 232 g/mol. The topological polar surface area (TPSA) is 55.1 Å². The molecule has 0 fully saturated rings. The minimum absolute atomic E-state index is 0.0396. The van der Waals surface area contributed by atoms with Gasteiger partial charge in [-0.25, -0.2) is 0 Å².